The normalized spacial score (nSPS) is 25.1. The molecular formula is C12H16O4S. The molecule has 0 amide bonds. The lowest BCUT2D eigenvalue weighted by Gasteiger charge is -2.15. The van der Waals surface area contributed by atoms with E-state index in [2.05, 4.69) is 0 Å². The maximum atomic E-state index is 11.9. The van der Waals surface area contributed by atoms with Gasteiger partial charge in [-0.15, -0.1) is 0 Å². The monoisotopic (exact) mass is 256 g/mol. The van der Waals surface area contributed by atoms with Crippen molar-refractivity contribution in [1.82, 2.24) is 0 Å². The molecule has 0 spiro atoms. The fraction of sp³-hybridized carbons (Fsp3) is 0.500. The molecule has 2 atom stereocenters. The van der Waals surface area contributed by atoms with Gasteiger partial charge in [0.25, 0.3) is 10.1 Å². The number of aliphatic hydroxyl groups is 1. The Bertz CT molecular complexity index is 478. The third-order valence-electron chi connectivity index (χ3n) is 2.98. The van der Waals surface area contributed by atoms with Crippen LogP contribution in [-0.4, -0.2) is 25.7 Å². The molecule has 0 heterocycles. The van der Waals surface area contributed by atoms with Crippen molar-refractivity contribution >= 4 is 10.1 Å². The molecule has 1 fully saturated rings. The molecule has 0 unspecified atom stereocenters. The van der Waals surface area contributed by atoms with Crippen LogP contribution in [0.25, 0.3) is 0 Å². The number of hydrogen-bond donors (Lipinski definition) is 1. The van der Waals surface area contributed by atoms with Gasteiger partial charge in [-0.25, -0.2) is 0 Å². The van der Waals surface area contributed by atoms with Crippen LogP contribution in [0.2, 0.25) is 0 Å². The van der Waals surface area contributed by atoms with Gasteiger partial charge in [-0.1, -0.05) is 17.7 Å². The number of rotatable bonds is 3. The van der Waals surface area contributed by atoms with Crippen LogP contribution in [0, 0.1) is 6.92 Å². The zero-order valence-corrected chi connectivity index (χ0v) is 10.5. The van der Waals surface area contributed by atoms with Crippen molar-refractivity contribution in [2.75, 3.05) is 0 Å². The molecule has 94 valence electrons. The second kappa shape index (κ2) is 4.76. The summed E-state index contributed by atoms with van der Waals surface area (Å²) in [5, 5.41) is 9.55. The summed E-state index contributed by atoms with van der Waals surface area (Å²) in [7, 11) is -3.75. The summed E-state index contributed by atoms with van der Waals surface area (Å²) in [5.41, 5.74) is 0.991. The zero-order valence-electron chi connectivity index (χ0n) is 9.67. The second-order valence-corrected chi connectivity index (χ2v) is 5.97. The van der Waals surface area contributed by atoms with Crippen molar-refractivity contribution < 1.29 is 17.7 Å². The minimum Gasteiger partial charge on any atom is -0.390 e. The lowest BCUT2D eigenvalue weighted by atomic mass is 10.2. The van der Waals surface area contributed by atoms with E-state index in [-0.39, 0.29) is 4.90 Å². The topological polar surface area (TPSA) is 63.6 Å². The first kappa shape index (κ1) is 12.5. The quantitative estimate of drug-likeness (QED) is 0.835. The molecule has 1 aromatic carbocycles. The molecule has 0 saturated heterocycles. The van der Waals surface area contributed by atoms with Crippen LogP contribution in [0.1, 0.15) is 24.8 Å². The van der Waals surface area contributed by atoms with Crippen LogP contribution in [0.3, 0.4) is 0 Å². The molecule has 0 aliphatic heterocycles. The van der Waals surface area contributed by atoms with Crippen LogP contribution in [0.5, 0.6) is 0 Å². The fourth-order valence-electron chi connectivity index (χ4n) is 1.94. The Morgan fingerprint density at radius 3 is 2.41 bits per heavy atom. The molecule has 0 aromatic heterocycles. The summed E-state index contributed by atoms with van der Waals surface area (Å²) in [6.45, 7) is 1.89. The molecule has 4 nitrogen and oxygen atoms in total. The molecule has 0 radical (unpaired) electrons. The van der Waals surface area contributed by atoms with E-state index in [9.17, 15) is 13.5 Å². The van der Waals surface area contributed by atoms with Gasteiger partial charge in [0.15, 0.2) is 0 Å². The Morgan fingerprint density at radius 2 is 1.88 bits per heavy atom. The third kappa shape index (κ3) is 2.86. The number of aryl methyl sites for hydroxylation is 1. The standard InChI is InChI=1S/C12H16O4S/c1-9-5-7-10(8-6-9)17(14,15)16-12-4-2-3-11(12)13/h5-8,11-13H,2-4H2,1H3/t11-,12+/m0/s1. The van der Waals surface area contributed by atoms with Crippen molar-refractivity contribution in [2.45, 2.75) is 43.3 Å². The highest BCUT2D eigenvalue weighted by Gasteiger charge is 2.31. The van der Waals surface area contributed by atoms with E-state index in [4.69, 9.17) is 4.18 Å². The summed E-state index contributed by atoms with van der Waals surface area (Å²) in [4.78, 5) is 0.141. The van der Waals surface area contributed by atoms with Crippen molar-refractivity contribution in [3.05, 3.63) is 29.8 Å². The highest BCUT2D eigenvalue weighted by Crippen LogP contribution is 2.26. The number of benzene rings is 1. The smallest absolute Gasteiger partial charge is 0.297 e. The minimum atomic E-state index is -3.75. The van der Waals surface area contributed by atoms with E-state index in [1.165, 1.54) is 12.1 Å². The van der Waals surface area contributed by atoms with Crippen LogP contribution in [-0.2, 0) is 14.3 Å². The minimum absolute atomic E-state index is 0.141. The molecule has 1 aliphatic rings. The van der Waals surface area contributed by atoms with Gasteiger partial charge in [0.2, 0.25) is 0 Å². The second-order valence-electron chi connectivity index (χ2n) is 4.40. The van der Waals surface area contributed by atoms with E-state index >= 15 is 0 Å². The fourth-order valence-corrected chi connectivity index (χ4v) is 3.07. The SMILES string of the molecule is Cc1ccc(S(=O)(=O)O[C@@H]2CCC[C@@H]2O)cc1. The summed E-state index contributed by atoms with van der Waals surface area (Å²) in [6, 6.07) is 6.49. The van der Waals surface area contributed by atoms with Crippen LogP contribution in [0.15, 0.2) is 29.2 Å². The lowest BCUT2D eigenvalue weighted by molar-refractivity contribution is 0.0645. The first-order valence-corrected chi connectivity index (χ1v) is 7.08. The van der Waals surface area contributed by atoms with Crippen LogP contribution < -0.4 is 0 Å². The van der Waals surface area contributed by atoms with Gasteiger partial charge in [-0.3, -0.25) is 4.18 Å². The lowest BCUT2D eigenvalue weighted by Crippen LogP contribution is -2.26. The van der Waals surface area contributed by atoms with Gasteiger partial charge in [0.1, 0.15) is 6.10 Å². The first-order chi connectivity index (χ1) is 7.99. The Morgan fingerprint density at radius 1 is 1.24 bits per heavy atom. The molecular weight excluding hydrogens is 240 g/mol. The van der Waals surface area contributed by atoms with Gasteiger partial charge in [0.05, 0.1) is 11.0 Å². The van der Waals surface area contributed by atoms with E-state index in [1.54, 1.807) is 12.1 Å². The Kier molecular flexibility index (Phi) is 3.51. The summed E-state index contributed by atoms with van der Waals surface area (Å²) in [6.07, 6.45) is 0.729. The van der Waals surface area contributed by atoms with Gasteiger partial charge < -0.3 is 5.11 Å². The highest BCUT2D eigenvalue weighted by atomic mass is 32.2. The summed E-state index contributed by atoms with van der Waals surface area (Å²) in [5.74, 6) is 0. The largest absolute Gasteiger partial charge is 0.390 e. The summed E-state index contributed by atoms with van der Waals surface area (Å²) >= 11 is 0. The molecule has 17 heavy (non-hydrogen) atoms. The predicted octanol–water partition coefficient (Wildman–Crippen LogP) is 1.61. The predicted molar refractivity (Wildman–Crippen MR) is 63.1 cm³/mol. The third-order valence-corrected chi connectivity index (χ3v) is 4.33. The van der Waals surface area contributed by atoms with E-state index < -0.39 is 22.3 Å². The van der Waals surface area contributed by atoms with E-state index in [0.717, 1.165) is 12.0 Å². The van der Waals surface area contributed by atoms with E-state index in [1.807, 2.05) is 6.92 Å². The molecule has 1 aliphatic carbocycles. The van der Waals surface area contributed by atoms with Gasteiger partial charge in [-0.05, 0) is 38.3 Å². The van der Waals surface area contributed by atoms with Crippen LogP contribution >= 0.6 is 0 Å². The molecule has 1 saturated carbocycles. The van der Waals surface area contributed by atoms with Crippen molar-refractivity contribution in [3.8, 4) is 0 Å². The van der Waals surface area contributed by atoms with Gasteiger partial charge >= 0.3 is 0 Å². The molecule has 1 aromatic rings. The zero-order chi connectivity index (χ0) is 12.5. The number of hydrogen-bond acceptors (Lipinski definition) is 4. The molecule has 5 heteroatoms. The maximum Gasteiger partial charge on any atom is 0.297 e. The van der Waals surface area contributed by atoms with Crippen molar-refractivity contribution in [2.24, 2.45) is 0 Å². The van der Waals surface area contributed by atoms with Crippen molar-refractivity contribution in [3.63, 3.8) is 0 Å². The van der Waals surface area contributed by atoms with Crippen LogP contribution in [0.4, 0.5) is 0 Å². The van der Waals surface area contributed by atoms with Crippen molar-refractivity contribution in [1.29, 1.82) is 0 Å². The van der Waals surface area contributed by atoms with E-state index in [0.29, 0.717) is 12.8 Å². The first-order valence-electron chi connectivity index (χ1n) is 5.67. The Balaban J connectivity index is 2.16. The van der Waals surface area contributed by atoms with Gasteiger partial charge in [-0.2, -0.15) is 8.42 Å². The maximum absolute atomic E-state index is 11.9. The molecule has 0 bridgehead atoms. The summed E-state index contributed by atoms with van der Waals surface area (Å²) < 4.78 is 28.9. The highest BCUT2D eigenvalue weighted by molar-refractivity contribution is 7.86. The molecule has 1 N–H and O–H groups in total. The number of aliphatic hydroxyl groups excluding tert-OH is 1. The average molecular weight is 256 g/mol. The Hall–Kier alpha value is -0.910. The Labute approximate surface area is 101 Å². The average Bonchev–Trinajstić information content (AvgIpc) is 2.64. The van der Waals surface area contributed by atoms with Gasteiger partial charge in [0, 0.05) is 0 Å². The molecule has 2 rings (SSSR count).